The second-order valence-corrected chi connectivity index (χ2v) is 2.18. The van der Waals surface area contributed by atoms with Crippen LogP contribution in [0.15, 0.2) is 12.7 Å². The molecule has 0 saturated heterocycles. The third-order valence-corrected chi connectivity index (χ3v) is 0.816. The molecule has 0 spiro atoms. The monoisotopic (exact) mass is 200 g/mol. The molecule has 0 fully saturated rings. The Morgan fingerprint density at radius 2 is 2.11 bits per heavy atom. The maximum absolute atomic E-state index is 9.59. The quantitative estimate of drug-likeness (QED) is 0.334. The van der Waals surface area contributed by atoms with Gasteiger partial charge in [0.15, 0.2) is 0 Å². The number of hydrogen-bond acceptors (Lipinski definition) is 4. The average Bonchev–Trinajstić information content (AvgIpc) is 1.59. The number of phosphoric acid groups is 1. The van der Waals surface area contributed by atoms with Gasteiger partial charge in [-0.2, -0.15) is 0 Å². The second kappa shape index (κ2) is 5.27. The second-order valence-electron chi connectivity index (χ2n) is 1.03. The van der Waals surface area contributed by atoms with Gasteiger partial charge >= 0.3 is 19.5 Å². The minimum absolute atomic E-state index is 0. The molecule has 9 heavy (non-hydrogen) atoms. The summed E-state index contributed by atoms with van der Waals surface area (Å²) in [6.07, 6.45) is 1.18. The molecule has 0 aliphatic heterocycles. The Morgan fingerprint density at radius 3 is 2.22 bits per heavy atom. The summed E-state index contributed by atoms with van der Waals surface area (Å²) >= 11 is 0. The fourth-order valence-electron chi connectivity index (χ4n) is 0.144. The maximum Gasteiger partial charge on any atom is 2.00 e. The minimum atomic E-state index is -4.75. The Labute approximate surface area is 65.9 Å². The van der Waals surface area contributed by atoms with E-state index < -0.39 is 7.82 Å². The Kier molecular flexibility index (Phi) is 7.14. The van der Waals surface area contributed by atoms with Crippen LogP contribution in [0.25, 0.3) is 0 Å². The van der Waals surface area contributed by atoms with Crippen LogP contribution in [-0.2, 0) is 28.6 Å². The van der Waals surface area contributed by atoms with Gasteiger partial charge in [0.25, 0.3) is 0 Å². The first-order valence-electron chi connectivity index (χ1n) is 1.84. The molecule has 0 bridgehead atoms. The number of phosphoric ester groups is 1. The summed E-state index contributed by atoms with van der Waals surface area (Å²) < 4.78 is 13.3. The topological polar surface area (TPSA) is 72.4 Å². The molecular formula is C3H5O4PZn. The largest absolute Gasteiger partial charge is 2.00 e. The Hall–Kier alpha value is 0.473. The first-order valence-corrected chi connectivity index (χ1v) is 3.30. The predicted molar refractivity (Wildman–Crippen MR) is 23.8 cm³/mol. The molecule has 0 radical (unpaired) electrons. The van der Waals surface area contributed by atoms with Gasteiger partial charge in [0.05, 0.1) is 14.4 Å². The molecule has 48 valence electrons. The van der Waals surface area contributed by atoms with E-state index in [4.69, 9.17) is 0 Å². The van der Waals surface area contributed by atoms with E-state index >= 15 is 0 Å². The first kappa shape index (κ1) is 12.2. The van der Waals surface area contributed by atoms with Crippen molar-refractivity contribution in [3.05, 3.63) is 12.7 Å². The molecule has 0 saturated carbocycles. The zero-order chi connectivity index (χ0) is 6.62. The summed E-state index contributed by atoms with van der Waals surface area (Å²) in [5.74, 6) is 0. The summed E-state index contributed by atoms with van der Waals surface area (Å²) in [4.78, 5) is 19.2. The van der Waals surface area contributed by atoms with E-state index in [-0.39, 0.29) is 26.1 Å². The van der Waals surface area contributed by atoms with Gasteiger partial charge in [-0.15, -0.1) is 6.58 Å². The molecule has 6 heteroatoms. The van der Waals surface area contributed by atoms with Crippen LogP contribution in [0, 0.1) is 0 Å². The Bertz CT molecular complexity index is 119. The molecular weight excluding hydrogens is 196 g/mol. The van der Waals surface area contributed by atoms with Crippen molar-refractivity contribution in [1.82, 2.24) is 0 Å². The number of hydrogen-bond donors (Lipinski definition) is 0. The fourth-order valence-corrected chi connectivity index (χ4v) is 0.432. The van der Waals surface area contributed by atoms with Gasteiger partial charge in [-0.25, -0.2) is 0 Å². The van der Waals surface area contributed by atoms with E-state index in [0.29, 0.717) is 0 Å². The van der Waals surface area contributed by atoms with Crippen LogP contribution in [0.1, 0.15) is 0 Å². The van der Waals surface area contributed by atoms with Crippen LogP contribution in [-0.4, -0.2) is 6.61 Å². The van der Waals surface area contributed by atoms with Gasteiger partial charge in [-0.3, -0.25) is 0 Å². The van der Waals surface area contributed by atoms with Gasteiger partial charge in [-0.05, 0) is 0 Å². The van der Waals surface area contributed by atoms with Crippen molar-refractivity contribution in [2.75, 3.05) is 6.61 Å². The average molecular weight is 201 g/mol. The zero-order valence-corrected chi connectivity index (χ0v) is 8.64. The summed E-state index contributed by atoms with van der Waals surface area (Å²) in [6.45, 7) is 2.89. The molecule has 4 nitrogen and oxygen atoms in total. The fraction of sp³-hybridized carbons (Fsp3) is 0.333. The molecule has 0 rings (SSSR count). The third-order valence-electron chi connectivity index (χ3n) is 0.351. The van der Waals surface area contributed by atoms with Gasteiger partial charge in [0, 0.05) is 0 Å². The Morgan fingerprint density at radius 1 is 1.67 bits per heavy atom. The van der Waals surface area contributed by atoms with Crippen LogP contribution in [0.3, 0.4) is 0 Å². The van der Waals surface area contributed by atoms with Crippen molar-refractivity contribution in [3.8, 4) is 0 Å². The van der Waals surface area contributed by atoms with Gasteiger partial charge in [-0.1, -0.05) is 6.08 Å². The maximum atomic E-state index is 9.59. The Balaban J connectivity index is 0. The minimum Gasteiger partial charge on any atom is -0.790 e. The van der Waals surface area contributed by atoms with Crippen LogP contribution in [0.4, 0.5) is 0 Å². The SMILES string of the molecule is C=CCOP(=O)([O-])[O-].[Zn+2]. The summed E-state index contributed by atoms with van der Waals surface area (Å²) in [5, 5.41) is 0. The molecule has 0 aliphatic carbocycles. The molecule has 0 unspecified atom stereocenters. The van der Waals surface area contributed by atoms with Gasteiger partial charge in [0.1, 0.15) is 0 Å². The van der Waals surface area contributed by atoms with E-state index in [2.05, 4.69) is 11.1 Å². The van der Waals surface area contributed by atoms with Crippen LogP contribution < -0.4 is 9.79 Å². The van der Waals surface area contributed by atoms with Crippen molar-refractivity contribution in [2.45, 2.75) is 0 Å². The predicted octanol–water partition coefficient (Wildman–Crippen LogP) is -0.985. The summed E-state index contributed by atoms with van der Waals surface area (Å²) in [5.41, 5.74) is 0. The molecule has 0 atom stereocenters. The molecule has 0 aromatic rings. The van der Waals surface area contributed by atoms with Crippen LogP contribution >= 0.6 is 7.82 Å². The molecule has 0 amide bonds. The van der Waals surface area contributed by atoms with Crippen LogP contribution in [0.5, 0.6) is 0 Å². The molecule has 0 N–H and O–H groups in total. The van der Waals surface area contributed by atoms with E-state index in [1.165, 1.54) is 6.08 Å². The van der Waals surface area contributed by atoms with Crippen molar-refractivity contribution in [2.24, 2.45) is 0 Å². The van der Waals surface area contributed by atoms with Crippen LogP contribution in [0.2, 0.25) is 0 Å². The zero-order valence-electron chi connectivity index (χ0n) is 4.78. The molecule has 0 aliphatic rings. The number of rotatable bonds is 3. The van der Waals surface area contributed by atoms with Crippen molar-refractivity contribution < 1.29 is 38.4 Å². The van der Waals surface area contributed by atoms with Crippen molar-refractivity contribution in [1.29, 1.82) is 0 Å². The van der Waals surface area contributed by atoms with E-state index in [1.54, 1.807) is 0 Å². The molecule has 0 aromatic heterocycles. The van der Waals surface area contributed by atoms with E-state index in [0.717, 1.165) is 0 Å². The molecule has 0 heterocycles. The summed E-state index contributed by atoms with van der Waals surface area (Å²) in [6, 6.07) is 0. The molecule has 0 aromatic carbocycles. The van der Waals surface area contributed by atoms with Gasteiger partial charge < -0.3 is 18.9 Å². The standard InChI is InChI=1S/C3H7O4P.Zn/c1-2-3-7-8(4,5)6;/h2H,1,3H2,(H2,4,5,6);/q;+2/p-2. The van der Waals surface area contributed by atoms with Crippen molar-refractivity contribution >= 4 is 7.82 Å². The van der Waals surface area contributed by atoms with Crippen molar-refractivity contribution in [3.63, 3.8) is 0 Å². The van der Waals surface area contributed by atoms with E-state index in [1.807, 2.05) is 0 Å². The third kappa shape index (κ3) is 11.9. The normalized spacial score (nSPS) is 10.0. The summed E-state index contributed by atoms with van der Waals surface area (Å²) in [7, 11) is -4.75. The smallest absolute Gasteiger partial charge is 0.790 e. The van der Waals surface area contributed by atoms with Gasteiger partial charge in [0.2, 0.25) is 0 Å². The van der Waals surface area contributed by atoms with E-state index in [9.17, 15) is 14.4 Å². The first-order chi connectivity index (χ1) is 3.56.